The molecule has 0 saturated carbocycles. The van der Waals surface area contributed by atoms with Crippen molar-refractivity contribution < 1.29 is 27.2 Å². The first-order valence-electron chi connectivity index (χ1n) is 9.47. The van der Waals surface area contributed by atoms with E-state index in [1.165, 1.54) is 12.1 Å². The number of hydrogen-bond acceptors (Lipinski definition) is 5. The van der Waals surface area contributed by atoms with E-state index >= 15 is 0 Å². The van der Waals surface area contributed by atoms with Crippen molar-refractivity contribution in [3.05, 3.63) is 59.9 Å². The summed E-state index contributed by atoms with van der Waals surface area (Å²) in [6.45, 7) is 2.67. The highest BCUT2D eigenvalue weighted by Gasteiger charge is 2.28. The molecule has 1 aromatic heterocycles. The largest absolute Gasteiger partial charge is 0.484 e. The lowest BCUT2D eigenvalue weighted by molar-refractivity contribution is -0.153. The SMILES string of the molecule is CC(C)c1noc(-c2ccc(NC(=O)NCc3cccc(OCC(F)(F)F)c3)cc2)n1. The Bertz CT molecular complexity index is 1020. The third-order valence-electron chi connectivity index (χ3n) is 4.10. The molecule has 0 aliphatic heterocycles. The molecule has 0 aliphatic rings. The standard InChI is InChI=1S/C21H21F3N4O3/c1-13(2)18-27-19(31-28-18)15-6-8-16(9-7-15)26-20(29)25-11-14-4-3-5-17(10-14)30-12-21(22,23)24/h3-10,13H,11-12H2,1-2H3,(H2,25,26,29). The van der Waals surface area contributed by atoms with Crippen LogP contribution in [0, 0.1) is 0 Å². The normalized spacial score (nSPS) is 11.4. The molecule has 2 amide bonds. The van der Waals surface area contributed by atoms with Gasteiger partial charge in [0.15, 0.2) is 12.4 Å². The van der Waals surface area contributed by atoms with E-state index in [2.05, 4.69) is 20.8 Å². The number of amides is 2. The Kier molecular flexibility index (Phi) is 6.78. The number of carbonyl (C=O) groups excluding carboxylic acids is 1. The molecule has 10 heteroatoms. The summed E-state index contributed by atoms with van der Waals surface area (Å²) in [5, 5.41) is 9.23. The van der Waals surface area contributed by atoms with Crippen molar-refractivity contribution in [1.29, 1.82) is 0 Å². The molecule has 0 atom stereocenters. The van der Waals surface area contributed by atoms with Crippen molar-refractivity contribution in [3.63, 3.8) is 0 Å². The maximum atomic E-state index is 12.3. The molecule has 3 rings (SSSR count). The monoisotopic (exact) mass is 434 g/mol. The van der Waals surface area contributed by atoms with Crippen molar-refractivity contribution in [2.75, 3.05) is 11.9 Å². The lowest BCUT2D eigenvalue weighted by Crippen LogP contribution is -2.28. The summed E-state index contributed by atoms with van der Waals surface area (Å²) >= 11 is 0. The van der Waals surface area contributed by atoms with Gasteiger partial charge in [-0.05, 0) is 42.0 Å². The molecule has 0 radical (unpaired) electrons. The van der Waals surface area contributed by atoms with E-state index < -0.39 is 18.8 Å². The minimum absolute atomic E-state index is 0.0780. The van der Waals surface area contributed by atoms with E-state index in [0.29, 0.717) is 23.0 Å². The van der Waals surface area contributed by atoms with Gasteiger partial charge in [-0.15, -0.1) is 0 Å². The molecule has 1 heterocycles. The Balaban J connectivity index is 1.51. The minimum Gasteiger partial charge on any atom is -0.484 e. The van der Waals surface area contributed by atoms with Crippen LogP contribution >= 0.6 is 0 Å². The fraction of sp³-hybridized carbons (Fsp3) is 0.286. The van der Waals surface area contributed by atoms with Crippen LogP contribution < -0.4 is 15.4 Å². The van der Waals surface area contributed by atoms with E-state index in [9.17, 15) is 18.0 Å². The number of carbonyl (C=O) groups is 1. The molecule has 31 heavy (non-hydrogen) atoms. The Morgan fingerprint density at radius 1 is 1.16 bits per heavy atom. The van der Waals surface area contributed by atoms with Gasteiger partial charge in [-0.3, -0.25) is 0 Å². The Morgan fingerprint density at radius 2 is 1.90 bits per heavy atom. The summed E-state index contributed by atoms with van der Waals surface area (Å²) in [5.74, 6) is 1.24. The number of nitrogens with one attached hydrogen (secondary N) is 2. The fourth-order valence-electron chi connectivity index (χ4n) is 2.55. The molecule has 2 aromatic carbocycles. The van der Waals surface area contributed by atoms with E-state index in [1.54, 1.807) is 36.4 Å². The van der Waals surface area contributed by atoms with Gasteiger partial charge in [-0.25, -0.2) is 4.79 Å². The van der Waals surface area contributed by atoms with Gasteiger partial charge in [-0.2, -0.15) is 18.2 Å². The van der Waals surface area contributed by atoms with Crippen LogP contribution in [0.2, 0.25) is 0 Å². The van der Waals surface area contributed by atoms with Crippen LogP contribution in [0.4, 0.5) is 23.7 Å². The molecule has 0 fully saturated rings. The van der Waals surface area contributed by atoms with Crippen LogP contribution in [-0.2, 0) is 6.54 Å². The lowest BCUT2D eigenvalue weighted by Gasteiger charge is -2.11. The van der Waals surface area contributed by atoms with Gasteiger partial charge in [-0.1, -0.05) is 31.1 Å². The summed E-state index contributed by atoms with van der Waals surface area (Å²) in [6, 6.07) is 12.5. The summed E-state index contributed by atoms with van der Waals surface area (Å²) in [4.78, 5) is 16.4. The van der Waals surface area contributed by atoms with E-state index in [4.69, 9.17) is 9.26 Å². The molecule has 0 spiro atoms. The number of urea groups is 1. The van der Waals surface area contributed by atoms with Crippen molar-refractivity contribution in [3.8, 4) is 17.2 Å². The summed E-state index contributed by atoms with van der Waals surface area (Å²) in [7, 11) is 0. The second kappa shape index (κ2) is 9.50. The first-order chi connectivity index (χ1) is 14.7. The molecule has 7 nitrogen and oxygen atoms in total. The van der Waals surface area contributed by atoms with Crippen LogP contribution in [0.3, 0.4) is 0 Å². The van der Waals surface area contributed by atoms with Gasteiger partial charge in [0.25, 0.3) is 5.89 Å². The molecule has 0 saturated heterocycles. The quantitative estimate of drug-likeness (QED) is 0.539. The third kappa shape index (κ3) is 6.73. The van der Waals surface area contributed by atoms with Gasteiger partial charge in [0, 0.05) is 23.7 Å². The van der Waals surface area contributed by atoms with E-state index in [1.807, 2.05) is 13.8 Å². The number of benzene rings is 2. The highest BCUT2D eigenvalue weighted by atomic mass is 19.4. The summed E-state index contributed by atoms with van der Waals surface area (Å²) in [6.07, 6.45) is -4.41. The van der Waals surface area contributed by atoms with Crippen LogP contribution in [0.1, 0.15) is 31.2 Å². The predicted molar refractivity (Wildman–Crippen MR) is 108 cm³/mol. The first-order valence-corrected chi connectivity index (χ1v) is 9.47. The number of hydrogen-bond donors (Lipinski definition) is 2. The zero-order valence-electron chi connectivity index (χ0n) is 16.9. The van der Waals surface area contributed by atoms with Crippen molar-refractivity contribution in [2.24, 2.45) is 0 Å². The number of nitrogens with zero attached hydrogens (tertiary/aromatic N) is 2. The summed E-state index contributed by atoms with van der Waals surface area (Å²) < 4.78 is 46.7. The first kappa shape index (κ1) is 22.1. The van der Waals surface area contributed by atoms with Gasteiger partial charge in [0.1, 0.15) is 5.75 Å². The molecule has 3 aromatic rings. The van der Waals surface area contributed by atoms with Crippen molar-refractivity contribution in [2.45, 2.75) is 32.5 Å². The van der Waals surface area contributed by atoms with Crippen LogP contribution in [0.15, 0.2) is 53.1 Å². The van der Waals surface area contributed by atoms with Crippen LogP contribution in [0.25, 0.3) is 11.5 Å². The number of alkyl halides is 3. The average molecular weight is 434 g/mol. The van der Waals surface area contributed by atoms with Crippen LogP contribution in [0.5, 0.6) is 5.75 Å². The summed E-state index contributed by atoms with van der Waals surface area (Å²) in [5.41, 5.74) is 1.87. The highest BCUT2D eigenvalue weighted by molar-refractivity contribution is 5.89. The lowest BCUT2D eigenvalue weighted by atomic mass is 10.2. The van der Waals surface area contributed by atoms with Crippen molar-refractivity contribution >= 4 is 11.7 Å². The number of aromatic nitrogens is 2. The van der Waals surface area contributed by atoms with E-state index in [-0.39, 0.29) is 18.2 Å². The predicted octanol–water partition coefficient (Wildman–Crippen LogP) is 5.12. The third-order valence-corrected chi connectivity index (χ3v) is 4.10. The number of anilines is 1. The van der Waals surface area contributed by atoms with Gasteiger partial charge in [0.2, 0.25) is 0 Å². The maximum Gasteiger partial charge on any atom is 0.422 e. The topological polar surface area (TPSA) is 89.3 Å². The molecular formula is C21H21F3N4O3. The van der Waals surface area contributed by atoms with Gasteiger partial charge >= 0.3 is 12.2 Å². The second-order valence-electron chi connectivity index (χ2n) is 7.05. The van der Waals surface area contributed by atoms with Gasteiger partial charge < -0.3 is 19.9 Å². The number of rotatable bonds is 7. The maximum absolute atomic E-state index is 12.3. The second-order valence-corrected chi connectivity index (χ2v) is 7.05. The average Bonchev–Trinajstić information content (AvgIpc) is 3.22. The zero-order valence-corrected chi connectivity index (χ0v) is 16.9. The minimum atomic E-state index is -4.41. The number of halogens is 3. The Morgan fingerprint density at radius 3 is 2.55 bits per heavy atom. The Labute approximate surface area is 176 Å². The van der Waals surface area contributed by atoms with Crippen molar-refractivity contribution in [1.82, 2.24) is 15.5 Å². The molecule has 0 unspecified atom stereocenters. The molecule has 2 N–H and O–H groups in total. The molecule has 0 bridgehead atoms. The highest BCUT2D eigenvalue weighted by Crippen LogP contribution is 2.22. The fourth-order valence-corrected chi connectivity index (χ4v) is 2.55. The molecule has 164 valence electrons. The van der Waals surface area contributed by atoms with E-state index in [0.717, 1.165) is 5.56 Å². The zero-order chi connectivity index (χ0) is 22.4. The smallest absolute Gasteiger partial charge is 0.422 e. The number of ether oxygens (including phenoxy) is 1. The Hall–Kier alpha value is -3.56. The van der Waals surface area contributed by atoms with Crippen LogP contribution in [-0.4, -0.2) is 29.0 Å². The molecular weight excluding hydrogens is 413 g/mol. The van der Waals surface area contributed by atoms with Gasteiger partial charge in [0.05, 0.1) is 0 Å². The molecule has 0 aliphatic carbocycles.